The van der Waals surface area contributed by atoms with Gasteiger partial charge in [-0.15, -0.1) is 0 Å². The number of aliphatic hydroxyl groups excluding tert-OH is 2. The van der Waals surface area contributed by atoms with Crippen LogP contribution in [0.1, 0.15) is 13.3 Å². The first kappa shape index (κ1) is 8.93. The summed E-state index contributed by atoms with van der Waals surface area (Å²) in [6, 6.07) is -0.0613. The first-order valence-electron chi connectivity index (χ1n) is 3.84. The fourth-order valence-electron chi connectivity index (χ4n) is 1.36. The van der Waals surface area contributed by atoms with Gasteiger partial charge in [0.2, 0.25) is 0 Å². The van der Waals surface area contributed by atoms with E-state index in [-0.39, 0.29) is 12.1 Å². The average Bonchev–Trinajstić information content (AvgIpc) is 1.96. The number of aliphatic hydroxyl groups is 2. The highest BCUT2D eigenvalue weighted by Crippen LogP contribution is 2.17. The minimum atomic E-state index is -1.05. The molecule has 1 fully saturated rings. The Morgan fingerprint density at radius 3 is 2.64 bits per heavy atom. The molecule has 66 valence electrons. The molecule has 0 aliphatic carbocycles. The quantitative estimate of drug-likeness (QED) is 0.464. The smallest absolute Gasteiger partial charge is 0.182 e. The predicted molar refractivity (Wildman–Crippen MR) is 40.0 cm³/mol. The molecule has 11 heavy (non-hydrogen) atoms. The standard InChI is InChI=1S/C7H15NO3/c1-4-3-5(8-2)6(9)7(10)11-4/h4-10H,3H2,1-2H3/t4-,5?,6?,7-/m1/s1. The Morgan fingerprint density at radius 1 is 1.45 bits per heavy atom. The lowest BCUT2D eigenvalue weighted by molar-refractivity contribution is -0.219. The number of hydrogen-bond acceptors (Lipinski definition) is 4. The van der Waals surface area contributed by atoms with Crippen LogP contribution in [0.25, 0.3) is 0 Å². The Kier molecular flexibility index (Phi) is 2.84. The fraction of sp³-hybridized carbons (Fsp3) is 1.00. The Hall–Kier alpha value is -0.160. The molecule has 1 saturated heterocycles. The summed E-state index contributed by atoms with van der Waals surface area (Å²) in [4.78, 5) is 0. The molecule has 0 aromatic heterocycles. The molecule has 2 unspecified atom stereocenters. The second-order valence-electron chi connectivity index (χ2n) is 2.96. The molecule has 0 aromatic rings. The maximum absolute atomic E-state index is 9.32. The summed E-state index contributed by atoms with van der Waals surface area (Å²) in [5, 5.41) is 21.4. The Morgan fingerprint density at radius 2 is 2.09 bits per heavy atom. The highest BCUT2D eigenvalue weighted by atomic mass is 16.6. The van der Waals surface area contributed by atoms with Crippen LogP contribution in [0.2, 0.25) is 0 Å². The normalized spacial score (nSPS) is 45.8. The second-order valence-corrected chi connectivity index (χ2v) is 2.96. The summed E-state index contributed by atoms with van der Waals surface area (Å²) in [7, 11) is 1.76. The van der Waals surface area contributed by atoms with Gasteiger partial charge in [-0.2, -0.15) is 0 Å². The average molecular weight is 161 g/mol. The summed E-state index contributed by atoms with van der Waals surface area (Å²) in [5.41, 5.74) is 0. The van der Waals surface area contributed by atoms with E-state index < -0.39 is 12.4 Å². The van der Waals surface area contributed by atoms with Crippen molar-refractivity contribution in [3.8, 4) is 0 Å². The summed E-state index contributed by atoms with van der Waals surface area (Å²) in [6.45, 7) is 1.87. The number of likely N-dealkylation sites (N-methyl/N-ethyl adjacent to an activating group) is 1. The first-order valence-corrected chi connectivity index (χ1v) is 3.84. The number of nitrogens with one attached hydrogen (secondary N) is 1. The number of ether oxygens (including phenoxy) is 1. The molecule has 0 amide bonds. The van der Waals surface area contributed by atoms with Crippen LogP contribution < -0.4 is 5.32 Å². The van der Waals surface area contributed by atoms with Crippen molar-refractivity contribution in [3.63, 3.8) is 0 Å². The predicted octanol–water partition coefficient (Wildman–Crippen LogP) is -0.938. The molecule has 1 aliphatic heterocycles. The minimum Gasteiger partial charge on any atom is -0.386 e. The van der Waals surface area contributed by atoms with Crippen LogP contribution in [-0.4, -0.2) is 41.8 Å². The zero-order valence-electron chi connectivity index (χ0n) is 6.82. The highest BCUT2D eigenvalue weighted by molar-refractivity contribution is 4.83. The zero-order valence-corrected chi connectivity index (χ0v) is 6.82. The van der Waals surface area contributed by atoms with E-state index in [1.165, 1.54) is 0 Å². The van der Waals surface area contributed by atoms with Gasteiger partial charge in [0, 0.05) is 6.04 Å². The van der Waals surface area contributed by atoms with Gasteiger partial charge in [-0.1, -0.05) is 0 Å². The second kappa shape index (κ2) is 3.49. The van der Waals surface area contributed by atoms with E-state index in [9.17, 15) is 5.11 Å². The molecular formula is C7H15NO3. The summed E-state index contributed by atoms with van der Waals surface area (Å²) in [6.07, 6.45) is -1.12. The van der Waals surface area contributed by atoms with Crippen LogP contribution in [0.15, 0.2) is 0 Å². The third-order valence-corrected chi connectivity index (χ3v) is 2.03. The van der Waals surface area contributed by atoms with Crippen LogP contribution in [0.5, 0.6) is 0 Å². The third kappa shape index (κ3) is 1.90. The minimum absolute atomic E-state index is 0.00542. The SMILES string of the molecule is CNC1C[C@@H](C)O[C@@H](O)C1O. The van der Waals surface area contributed by atoms with Crippen molar-refractivity contribution in [2.75, 3.05) is 7.05 Å². The zero-order chi connectivity index (χ0) is 8.43. The van der Waals surface area contributed by atoms with Crippen molar-refractivity contribution in [2.45, 2.75) is 37.9 Å². The molecular weight excluding hydrogens is 146 g/mol. The van der Waals surface area contributed by atoms with Crippen molar-refractivity contribution < 1.29 is 14.9 Å². The molecule has 4 atom stereocenters. The third-order valence-electron chi connectivity index (χ3n) is 2.03. The van der Waals surface area contributed by atoms with E-state index in [0.29, 0.717) is 0 Å². The summed E-state index contributed by atoms with van der Waals surface area (Å²) in [5.74, 6) is 0. The maximum Gasteiger partial charge on any atom is 0.182 e. The van der Waals surface area contributed by atoms with Gasteiger partial charge in [-0.25, -0.2) is 0 Å². The molecule has 0 bridgehead atoms. The van der Waals surface area contributed by atoms with Crippen molar-refractivity contribution >= 4 is 0 Å². The molecule has 0 aromatic carbocycles. The highest BCUT2D eigenvalue weighted by Gasteiger charge is 2.33. The molecule has 4 nitrogen and oxygen atoms in total. The van der Waals surface area contributed by atoms with Crippen LogP contribution in [0, 0.1) is 0 Å². The topological polar surface area (TPSA) is 61.7 Å². The van der Waals surface area contributed by atoms with Gasteiger partial charge in [0.05, 0.1) is 6.10 Å². The van der Waals surface area contributed by atoms with Crippen molar-refractivity contribution in [1.29, 1.82) is 0 Å². The Labute approximate surface area is 66.2 Å². The van der Waals surface area contributed by atoms with Crippen LogP contribution >= 0.6 is 0 Å². The first-order chi connectivity index (χ1) is 5.15. The molecule has 0 spiro atoms. The molecule has 1 rings (SSSR count). The van der Waals surface area contributed by atoms with E-state index in [1.54, 1.807) is 7.05 Å². The monoisotopic (exact) mass is 161 g/mol. The fourth-order valence-corrected chi connectivity index (χ4v) is 1.36. The van der Waals surface area contributed by atoms with Crippen LogP contribution in [0.4, 0.5) is 0 Å². The van der Waals surface area contributed by atoms with E-state index in [4.69, 9.17) is 9.84 Å². The molecule has 4 heteroatoms. The summed E-state index contributed by atoms with van der Waals surface area (Å²) >= 11 is 0. The molecule has 1 aliphatic rings. The van der Waals surface area contributed by atoms with Crippen molar-refractivity contribution in [2.24, 2.45) is 0 Å². The van der Waals surface area contributed by atoms with Crippen molar-refractivity contribution in [3.05, 3.63) is 0 Å². The molecule has 3 N–H and O–H groups in total. The van der Waals surface area contributed by atoms with E-state index >= 15 is 0 Å². The lowest BCUT2D eigenvalue weighted by atomic mass is 10.0. The molecule has 0 radical (unpaired) electrons. The Bertz CT molecular complexity index is 131. The van der Waals surface area contributed by atoms with Gasteiger partial charge in [-0.05, 0) is 20.4 Å². The van der Waals surface area contributed by atoms with E-state index in [2.05, 4.69) is 5.32 Å². The van der Waals surface area contributed by atoms with Gasteiger partial charge in [0.1, 0.15) is 6.10 Å². The Balaban J connectivity index is 2.51. The van der Waals surface area contributed by atoms with Gasteiger partial charge in [-0.3, -0.25) is 0 Å². The lowest BCUT2D eigenvalue weighted by Crippen LogP contribution is -2.52. The molecule has 1 heterocycles. The van der Waals surface area contributed by atoms with E-state index in [1.807, 2.05) is 6.92 Å². The van der Waals surface area contributed by atoms with Crippen molar-refractivity contribution in [1.82, 2.24) is 5.32 Å². The number of rotatable bonds is 1. The van der Waals surface area contributed by atoms with E-state index in [0.717, 1.165) is 6.42 Å². The lowest BCUT2D eigenvalue weighted by Gasteiger charge is -2.35. The maximum atomic E-state index is 9.32. The van der Waals surface area contributed by atoms with Gasteiger partial charge < -0.3 is 20.3 Å². The van der Waals surface area contributed by atoms with Crippen LogP contribution in [0.3, 0.4) is 0 Å². The van der Waals surface area contributed by atoms with Gasteiger partial charge >= 0.3 is 0 Å². The number of hydrogen-bond donors (Lipinski definition) is 3. The molecule has 0 saturated carbocycles. The summed E-state index contributed by atoms with van der Waals surface area (Å²) < 4.78 is 5.00. The van der Waals surface area contributed by atoms with Gasteiger partial charge in [0.15, 0.2) is 6.29 Å². The van der Waals surface area contributed by atoms with Gasteiger partial charge in [0.25, 0.3) is 0 Å². The van der Waals surface area contributed by atoms with Crippen LogP contribution in [-0.2, 0) is 4.74 Å². The largest absolute Gasteiger partial charge is 0.386 e.